The Bertz CT molecular complexity index is 390. The van der Waals surface area contributed by atoms with Crippen LogP contribution in [-0.2, 0) is 14.3 Å². The van der Waals surface area contributed by atoms with Crippen molar-refractivity contribution in [1.82, 2.24) is 10.2 Å². The second kappa shape index (κ2) is 3.95. The van der Waals surface area contributed by atoms with Crippen molar-refractivity contribution in [1.29, 1.82) is 0 Å². The van der Waals surface area contributed by atoms with Crippen molar-refractivity contribution in [3.63, 3.8) is 0 Å². The van der Waals surface area contributed by atoms with Crippen LogP contribution in [0.1, 0.15) is 34.1 Å². The molecule has 2 unspecified atom stereocenters. The van der Waals surface area contributed by atoms with Crippen molar-refractivity contribution in [2.45, 2.75) is 51.8 Å². The predicted molar refractivity (Wildman–Crippen MR) is 66.9 cm³/mol. The molecule has 1 aliphatic heterocycles. The fourth-order valence-corrected chi connectivity index (χ4v) is 3.07. The van der Waals surface area contributed by atoms with E-state index in [9.17, 15) is 9.59 Å². The van der Waals surface area contributed by atoms with Crippen molar-refractivity contribution < 1.29 is 14.3 Å². The van der Waals surface area contributed by atoms with E-state index in [1.54, 1.807) is 25.9 Å². The van der Waals surface area contributed by atoms with Gasteiger partial charge in [-0.1, -0.05) is 13.8 Å². The Hall–Kier alpha value is -1.10. The maximum absolute atomic E-state index is 12.4. The zero-order valence-electron chi connectivity index (χ0n) is 11.7. The number of hydrogen-bond donors (Lipinski definition) is 1. The van der Waals surface area contributed by atoms with E-state index in [1.807, 2.05) is 0 Å². The summed E-state index contributed by atoms with van der Waals surface area (Å²) in [5, 5.41) is 2.73. The lowest BCUT2D eigenvalue weighted by Crippen LogP contribution is -2.72. The van der Waals surface area contributed by atoms with Crippen molar-refractivity contribution in [2.24, 2.45) is 5.41 Å². The van der Waals surface area contributed by atoms with Gasteiger partial charge in [-0.15, -0.1) is 0 Å². The van der Waals surface area contributed by atoms with Gasteiger partial charge in [0.2, 0.25) is 11.8 Å². The molecule has 0 spiro atoms. The highest BCUT2D eigenvalue weighted by atomic mass is 16.5. The summed E-state index contributed by atoms with van der Waals surface area (Å²) < 4.78 is 5.40. The third-order valence-electron chi connectivity index (χ3n) is 4.35. The van der Waals surface area contributed by atoms with Gasteiger partial charge in [0, 0.05) is 18.6 Å². The summed E-state index contributed by atoms with van der Waals surface area (Å²) in [6.45, 7) is 7.83. The molecule has 2 amide bonds. The van der Waals surface area contributed by atoms with Gasteiger partial charge in [0.05, 0.1) is 12.6 Å². The highest BCUT2D eigenvalue weighted by Gasteiger charge is 2.55. The molecule has 1 aliphatic carbocycles. The monoisotopic (exact) mass is 254 g/mol. The highest BCUT2D eigenvalue weighted by Crippen LogP contribution is 2.46. The van der Waals surface area contributed by atoms with E-state index < -0.39 is 5.54 Å². The first-order chi connectivity index (χ1) is 8.20. The zero-order chi connectivity index (χ0) is 13.7. The minimum absolute atomic E-state index is 0.00488. The molecule has 5 nitrogen and oxygen atoms in total. The summed E-state index contributed by atoms with van der Waals surface area (Å²) in [5.41, 5.74) is -0.901. The maximum atomic E-state index is 12.4. The van der Waals surface area contributed by atoms with Crippen LogP contribution in [0, 0.1) is 5.41 Å². The lowest BCUT2D eigenvalue weighted by Gasteiger charge is -2.57. The van der Waals surface area contributed by atoms with Crippen molar-refractivity contribution in [3.8, 4) is 0 Å². The topological polar surface area (TPSA) is 58.6 Å². The van der Waals surface area contributed by atoms with Crippen LogP contribution < -0.4 is 5.32 Å². The van der Waals surface area contributed by atoms with Gasteiger partial charge in [0.25, 0.3) is 0 Å². The molecule has 1 saturated heterocycles. The summed E-state index contributed by atoms with van der Waals surface area (Å²) in [6, 6.07) is 0.0836. The first-order valence-electron chi connectivity index (χ1n) is 6.35. The summed E-state index contributed by atoms with van der Waals surface area (Å²) in [4.78, 5) is 25.8. The Balaban J connectivity index is 2.19. The predicted octanol–water partition coefficient (Wildman–Crippen LogP) is 0.537. The number of ether oxygens (including phenoxy) is 1. The standard InChI is InChI=1S/C13H22N2O3/c1-12(2)8(6-9(12)18-5)15-7-10(16)14-13(3,4)11(15)17/h8-9H,6-7H2,1-5H3,(H,14,16). The normalized spacial score (nSPS) is 33.9. The van der Waals surface area contributed by atoms with Crippen LogP contribution in [0.4, 0.5) is 0 Å². The smallest absolute Gasteiger partial charge is 0.248 e. The van der Waals surface area contributed by atoms with Crippen molar-refractivity contribution in [3.05, 3.63) is 0 Å². The van der Waals surface area contributed by atoms with Gasteiger partial charge >= 0.3 is 0 Å². The Kier molecular flexibility index (Phi) is 2.93. The van der Waals surface area contributed by atoms with Crippen LogP contribution in [0.2, 0.25) is 0 Å². The van der Waals surface area contributed by atoms with Gasteiger partial charge in [-0.3, -0.25) is 9.59 Å². The van der Waals surface area contributed by atoms with Gasteiger partial charge in [-0.25, -0.2) is 0 Å². The van der Waals surface area contributed by atoms with Gasteiger partial charge in [-0.05, 0) is 20.3 Å². The lowest BCUT2D eigenvalue weighted by atomic mass is 9.63. The first-order valence-corrected chi connectivity index (χ1v) is 6.35. The van der Waals surface area contributed by atoms with Gasteiger partial charge in [0.15, 0.2) is 0 Å². The average molecular weight is 254 g/mol. The molecular formula is C13H22N2O3. The summed E-state index contributed by atoms with van der Waals surface area (Å²) in [7, 11) is 1.69. The van der Waals surface area contributed by atoms with Crippen LogP contribution in [0.3, 0.4) is 0 Å². The molecule has 0 aromatic heterocycles. The second-order valence-corrected chi connectivity index (χ2v) is 6.40. The molecule has 1 heterocycles. The van der Waals surface area contributed by atoms with Crippen molar-refractivity contribution >= 4 is 11.8 Å². The highest BCUT2D eigenvalue weighted by molar-refractivity contribution is 5.97. The molecule has 0 aromatic carbocycles. The number of rotatable bonds is 2. The molecule has 0 radical (unpaired) electrons. The van der Waals surface area contributed by atoms with E-state index in [0.29, 0.717) is 0 Å². The molecule has 0 bridgehead atoms. The molecule has 2 fully saturated rings. The van der Waals surface area contributed by atoms with Crippen molar-refractivity contribution in [2.75, 3.05) is 13.7 Å². The number of piperazine rings is 1. The van der Waals surface area contributed by atoms with E-state index in [1.165, 1.54) is 0 Å². The number of carbonyl (C=O) groups excluding carboxylic acids is 2. The summed E-state index contributed by atoms with van der Waals surface area (Å²) >= 11 is 0. The number of hydrogen-bond acceptors (Lipinski definition) is 3. The van der Waals surface area contributed by atoms with E-state index in [0.717, 1.165) is 6.42 Å². The van der Waals surface area contributed by atoms with Crippen LogP contribution in [0.5, 0.6) is 0 Å². The number of nitrogens with zero attached hydrogens (tertiary/aromatic N) is 1. The second-order valence-electron chi connectivity index (χ2n) is 6.40. The van der Waals surface area contributed by atoms with Crippen LogP contribution in [-0.4, -0.2) is 48.1 Å². The van der Waals surface area contributed by atoms with Crippen LogP contribution in [0.25, 0.3) is 0 Å². The molecule has 1 N–H and O–H groups in total. The number of amides is 2. The quantitative estimate of drug-likeness (QED) is 0.782. The van der Waals surface area contributed by atoms with Gasteiger partial charge < -0.3 is 15.0 Å². The molecule has 102 valence electrons. The van der Waals surface area contributed by atoms with Crippen LogP contribution in [0.15, 0.2) is 0 Å². The Morgan fingerprint density at radius 2 is 1.89 bits per heavy atom. The van der Waals surface area contributed by atoms with E-state index in [4.69, 9.17) is 4.74 Å². The van der Waals surface area contributed by atoms with Gasteiger partial charge in [0.1, 0.15) is 5.54 Å². The largest absolute Gasteiger partial charge is 0.381 e. The third kappa shape index (κ3) is 1.81. The molecule has 2 aliphatic rings. The van der Waals surface area contributed by atoms with E-state index in [-0.39, 0.29) is 35.9 Å². The van der Waals surface area contributed by atoms with Crippen LogP contribution >= 0.6 is 0 Å². The van der Waals surface area contributed by atoms with Gasteiger partial charge in [-0.2, -0.15) is 0 Å². The summed E-state index contributed by atoms with van der Waals surface area (Å²) in [5.74, 6) is -0.0917. The zero-order valence-corrected chi connectivity index (χ0v) is 11.7. The fraction of sp³-hybridized carbons (Fsp3) is 0.846. The third-order valence-corrected chi connectivity index (χ3v) is 4.35. The Morgan fingerprint density at radius 1 is 1.28 bits per heavy atom. The summed E-state index contributed by atoms with van der Waals surface area (Å²) in [6.07, 6.45) is 0.960. The van der Waals surface area contributed by atoms with E-state index in [2.05, 4.69) is 19.2 Å². The minimum Gasteiger partial charge on any atom is -0.381 e. The molecule has 1 saturated carbocycles. The Labute approximate surface area is 108 Å². The number of nitrogens with one attached hydrogen (secondary N) is 1. The SMILES string of the molecule is COC1CC(N2CC(=O)NC(C)(C)C2=O)C1(C)C. The molecule has 2 rings (SSSR count). The molecule has 2 atom stereocenters. The Morgan fingerprint density at radius 3 is 2.39 bits per heavy atom. The minimum atomic E-state index is -0.802. The van der Waals surface area contributed by atoms with E-state index >= 15 is 0 Å². The molecule has 0 aromatic rings. The molecular weight excluding hydrogens is 232 g/mol. The average Bonchev–Trinajstić information content (AvgIpc) is 2.23. The lowest BCUT2D eigenvalue weighted by molar-refractivity contribution is -0.174. The molecule has 5 heteroatoms. The number of carbonyl (C=O) groups is 2. The molecule has 18 heavy (non-hydrogen) atoms. The first kappa shape index (κ1) is 13.3. The number of methoxy groups -OCH3 is 1. The maximum Gasteiger partial charge on any atom is 0.248 e. The fourth-order valence-electron chi connectivity index (χ4n) is 3.07.